The van der Waals surface area contributed by atoms with Gasteiger partial charge in [-0.3, -0.25) is 14.9 Å². The normalized spacial score (nSPS) is 11.3. The van der Waals surface area contributed by atoms with E-state index in [9.17, 15) is 19.7 Å². The molecule has 3 rings (SSSR count). The van der Waals surface area contributed by atoms with Crippen molar-refractivity contribution in [3.05, 3.63) is 106 Å². The predicted molar refractivity (Wildman–Crippen MR) is 121 cm³/mol. The zero-order chi connectivity index (χ0) is 23.6. The van der Waals surface area contributed by atoms with E-state index in [-0.39, 0.29) is 17.3 Å². The minimum Gasteiger partial charge on any atom is -0.475 e. The maximum atomic E-state index is 13.1. The molecular formula is C25H24N2O6. The molecule has 0 heterocycles. The molecule has 33 heavy (non-hydrogen) atoms. The van der Waals surface area contributed by atoms with Gasteiger partial charge < -0.3 is 14.4 Å². The molecule has 0 saturated carbocycles. The molecule has 0 aromatic heterocycles. The summed E-state index contributed by atoms with van der Waals surface area (Å²) in [6, 6.07) is 24.8. The van der Waals surface area contributed by atoms with E-state index >= 15 is 0 Å². The molecule has 170 valence electrons. The number of ether oxygens (including phenoxy) is 2. The summed E-state index contributed by atoms with van der Waals surface area (Å²) in [6.45, 7) is 1.64. The molecule has 0 N–H and O–H groups in total. The average molecular weight is 448 g/mol. The molecule has 0 fully saturated rings. The minimum atomic E-state index is -1.06. The van der Waals surface area contributed by atoms with E-state index in [1.165, 1.54) is 25.1 Å². The number of nitrogens with zero attached hydrogens (tertiary/aromatic N) is 2. The van der Waals surface area contributed by atoms with Gasteiger partial charge in [-0.15, -0.1) is 0 Å². The summed E-state index contributed by atoms with van der Waals surface area (Å²) >= 11 is 0. The van der Waals surface area contributed by atoms with Crippen molar-refractivity contribution in [2.24, 2.45) is 0 Å². The second kappa shape index (κ2) is 11.4. The molecule has 3 aromatic carbocycles. The second-order valence-corrected chi connectivity index (χ2v) is 7.31. The smallest absolute Gasteiger partial charge is 0.344 e. The van der Waals surface area contributed by atoms with Gasteiger partial charge in [-0.05, 0) is 24.1 Å². The van der Waals surface area contributed by atoms with Crippen molar-refractivity contribution in [1.29, 1.82) is 0 Å². The lowest BCUT2D eigenvalue weighted by atomic mass is 10.1. The van der Waals surface area contributed by atoms with Crippen LogP contribution in [0.15, 0.2) is 84.9 Å². The zero-order valence-corrected chi connectivity index (χ0v) is 18.1. The van der Waals surface area contributed by atoms with Crippen molar-refractivity contribution in [2.75, 3.05) is 6.61 Å². The molecule has 0 aliphatic rings. The number of para-hydroxylation sites is 2. The molecule has 8 nitrogen and oxygen atoms in total. The van der Waals surface area contributed by atoms with Gasteiger partial charge in [0.05, 0.1) is 4.92 Å². The first-order valence-corrected chi connectivity index (χ1v) is 10.4. The third-order valence-corrected chi connectivity index (χ3v) is 4.81. The van der Waals surface area contributed by atoms with Gasteiger partial charge in [0.1, 0.15) is 0 Å². The molecule has 8 heteroatoms. The van der Waals surface area contributed by atoms with Gasteiger partial charge in [0, 0.05) is 19.2 Å². The Bertz CT molecular complexity index is 1050. The molecular weight excluding hydrogens is 424 g/mol. The molecule has 1 amide bonds. The monoisotopic (exact) mass is 448 g/mol. The zero-order valence-electron chi connectivity index (χ0n) is 18.1. The Hall–Kier alpha value is -4.20. The fourth-order valence-electron chi connectivity index (χ4n) is 3.22. The Morgan fingerprint density at radius 1 is 0.879 bits per heavy atom. The fraction of sp³-hybridized carbons (Fsp3) is 0.200. The van der Waals surface area contributed by atoms with Crippen LogP contribution in [0.3, 0.4) is 0 Å². The van der Waals surface area contributed by atoms with Crippen molar-refractivity contribution in [2.45, 2.75) is 26.1 Å². The van der Waals surface area contributed by atoms with Crippen LogP contribution in [0, 0.1) is 10.1 Å². The van der Waals surface area contributed by atoms with E-state index in [1.807, 2.05) is 60.7 Å². The molecule has 1 atom stereocenters. The molecule has 1 unspecified atom stereocenters. The number of nitro groups is 1. The lowest BCUT2D eigenvalue weighted by Gasteiger charge is -2.26. The van der Waals surface area contributed by atoms with E-state index < -0.39 is 23.6 Å². The van der Waals surface area contributed by atoms with E-state index in [4.69, 9.17) is 9.47 Å². The summed E-state index contributed by atoms with van der Waals surface area (Å²) in [7, 11) is 0. The number of amides is 1. The first kappa shape index (κ1) is 23.5. The molecule has 0 bridgehead atoms. The van der Waals surface area contributed by atoms with Crippen LogP contribution >= 0.6 is 0 Å². The second-order valence-electron chi connectivity index (χ2n) is 7.31. The van der Waals surface area contributed by atoms with Crippen LogP contribution in [0.2, 0.25) is 0 Å². The van der Waals surface area contributed by atoms with E-state index in [0.717, 1.165) is 11.1 Å². The Morgan fingerprint density at radius 3 is 1.94 bits per heavy atom. The first-order chi connectivity index (χ1) is 15.9. The third kappa shape index (κ3) is 6.90. The number of esters is 1. The number of nitro benzene ring substituents is 1. The standard InChI is InChI=1S/C25H24N2O6/c1-19(33-24(28)18-32-23-15-9-8-14-22(23)27(30)31)25(29)26(16-20-10-4-2-5-11-20)17-21-12-6-3-7-13-21/h2-15,19H,16-18H2,1H3. The molecule has 0 saturated heterocycles. The Labute approximate surface area is 191 Å². The Balaban J connectivity index is 1.64. The SMILES string of the molecule is CC(OC(=O)COc1ccccc1[N+](=O)[O-])C(=O)N(Cc1ccccc1)Cc1ccccc1. The minimum absolute atomic E-state index is 0.0480. The van der Waals surface area contributed by atoms with Crippen LogP contribution in [0.25, 0.3) is 0 Å². The van der Waals surface area contributed by atoms with Gasteiger partial charge in [0.25, 0.3) is 5.91 Å². The summed E-state index contributed by atoms with van der Waals surface area (Å²) < 4.78 is 10.5. The number of hydrogen-bond donors (Lipinski definition) is 0. The summed E-state index contributed by atoms with van der Waals surface area (Å²) in [5, 5.41) is 11.1. The van der Waals surface area contributed by atoms with Gasteiger partial charge in [-0.1, -0.05) is 72.8 Å². The predicted octanol–water partition coefficient (Wildman–Crippen LogP) is 4.13. The summed E-state index contributed by atoms with van der Waals surface area (Å²) in [5.74, 6) is -1.21. The molecule has 3 aromatic rings. The highest BCUT2D eigenvalue weighted by Crippen LogP contribution is 2.25. The van der Waals surface area contributed by atoms with Gasteiger partial charge in [0.2, 0.25) is 0 Å². The van der Waals surface area contributed by atoms with Gasteiger partial charge in [0.15, 0.2) is 18.5 Å². The van der Waals surface area contributed by atoms with Gasteiger partial charge in [-0.2, -0.15) is 0 Å². The van der Waals surface area contributed by atoms with Crippen LogP contribution in [-0.4, -0.2) is 34.4 Å². The highest BCUT2D eigenvalue weighted by molar-refractivity contribution is 5.83. The molecule has 0 spiro atoms. The van der Waals surface area contributed by atoms with Crippen molar-refractivity contribution >= 4 is 17.6 Å². The van der Waals surface area contributed by atoms with Crippen molar-refractivity contribution in [3.8, 4) is 5.75 Å². The van der Waals surface area contributed by atoms with Crippen molar-refractivity contribution in [3.63, 3.8) is 0 Å². The number of rotatable bonds is 10. The number of hydrogen-bond acceptors (Lipinski definition) is 6. The maximum Gasteiger partial charge on any atom is 0.344 e. The lowest BCUT2D eigenvalue weighted by Crippen LogP contribution is -2.39. The van der Waals surface area contributed by atoms with Crippen molar-refractivity contribution < 1.29 is 24.0 Å². The fourth-order valence-corrected chi connectivity index (χ4v) is 3.22. The number of benzene rings is 3. The largest absolute Gasteiger partial charge is 0.475 e. The molecule has 0 aliphatic heterocycles. The topological polar surface area (TPSA) is 99.0 Å². The number of carbonyl (C=O) groups is 2. The quantitative estimate of drug-likeness (QED) is 0.263. The summed E-state index contributed by atoms with van der Waals surface area (Å²) in [6.07, 6.45) is -1.06. The first-order valence-electron chi connectivity index (χ1n) is 10.4. The highest BCUT2D eigenvalue weighted by Gasteiger charge is 2.25. The Kier molecular flexibility index (Phi) is 8.13. The molecule has 0 aliphatic carbocycles. The number of carbonyl (C=O) groups excluding carboxylic acids is 2. The lowest BCUT2D eigenvalue weighted by molar-refractivity contribution is -0.385. The average Bonchev–Trinajstić information content (AvgIpc) is 2.83. The summed E-state index contributed by atoms with van der Waals surface area (Å²) in [4.78, 5) is 37.5. The van der Waals surface area contributed by atoms with E-state index in [1.54, 1.807) is 11.0 Å². The highest BCUT2D eigenvalue weighted by atomic mass is 16.6. The van der Waals surface area contributed by atoms with Crippen molar-refractivity contribution in [1.82, 2.24) is 4.90 Å². The van der Waals surface area contributed by atoms with Gasteiger partial charge >= 0.3 is 11.7 Å². The van der Waals surface area contributed by atoms with E-state index in [2.05, 4.69) is 0 Å². The van der Waals surface area contributed by atoms with Crippen LogP contribution in [0.4, 0.5) is 5.69 Å². The van der Waals surface area contributed by atoms with Crippen LogP contribution in [-0.2, 0) is 27.4 Å². The van der Waals surface area contributed by atoms with E-state index in [0.29, 0.717) is 13.1 Å². The maximum absolute atomic E-state index is 13.1. The van der Waals surface area contributed by atoms with Crippen LogP contribution < -0.4 is 4.74 Å². The Morgan fingerprint density at radius 2 is 1.39 bits per heavy atom. The van der Waals surface area contributed by atoms with Crippen LogP contribution in [0.5, 0.6) is 5.75 Å². The molecule has 0 radical (unpaired) electrons. The third-order valence-electron chi connectivity index (χ3n) is 4.81. The van der Waals surface area contributed by atoms with Gasteiger partial charge in [-0.25, -0.2) is 4.79 Å². The van der Waals surface area contributed by atoms with Crippen LogP contribution in [0.1, 0.15) is 18.1 Å². The summed E-state index contributed by atoms with van der Waals surface area (Å²) in [5.41, 5.74) is 1.63.